The van der Waals surface area contributed by atoms with E-state index in [1.807, 2.05) is 6.07 Å². The quantitative estimate of drug-likeness (QED) is 0.521. The average molecular weight is 127 g/mol. The van der Waals surface area contributed by atoms with Crippen molar-refractivity contribution in [1.29, 1.82) is 5.26 Å². The number of halogens is 1. The molecule has 1 heterocycles. The Morgan fingerprint density at radius 3 is 2.75 bits per heavy atom. The van der Waals surface area contributed by atoms with Crippen molar-refractivity contribution in [2.24, 2.45) is 0 Å². The Balaban J connectivity index is 3.05. The molecule has 0 aliphatic rings. The van der Waals surface area contributed by atoms with Crippen molar-refractivity contribution in [1.82, 2.24) is 0 Å². The minimum Gasteiger partial charge on any atom is -0.206 e. The maximum atomic E-state index is 12.0. The van der Waals surface area contributed by atoms with Gasteiger partial charge in [-0.3, -0.25) is 0 Å². The lowest BCUT2D eigenvalue weighted by atomic mass is 10.5. The van der Waals surface area contributed by atoms with Crippen molar-refractivity contribution in [3.05, 3.63) is 22.1 Å². The summed E-state index contributed by atoms with van der Waals surface area (Å²) < 4.78 is 12.0. The lowest BCUT2D eigenvalue weighted by molar-refractivity contribution is 0.633. The van der Waals surface area contributed by atoms with Crippen LogP contribution in [-0.2, 0) is 0 Å². The summed E-state index contributed by atoms with van der Waals surface area (Å²) in [5.74, 6) is -0.327. The minimum atomic E-state index is -0.327. The highest BCUT2D eigenvalue weighted by atomic mass is 32.1. The van der Waals surface area contributed by atoms with Gasteiger partial charge in [0.25, 0.3) is 0 Å². The number of hydrogen-bond acceptors (Lipinski definition) is 2. The molecule has 0 radical (unpaired) electrons. The van der Waals surface area contributed by atoms with Gasteiger partial charge in [-0.25, -0.2) is 4.39 Å². The number of rotatable bonds is 0. The van der Waals surface area contributed by atoms with Crippen LogP contribution in [0.5, 0.6) is 0 Å². The third kappa shape index (κ3) is 0.849. The van der Waals surface area contributed by atoms with Crippen molar-refractivity contribution in [3.63, 3.8) is 0 Å². The Labute approximate surface area is 50.0 Å². The first-order valence-electron chi connectivity index (χ1n) is 1.97. The monoisotopic (exact) mass is 127 g/mol. The number of thiophene rings is 1. The van der Waals surface area contributed by atoms with Crippen LogP contribution in [0.2, 0.25) is 0 Å². The van der Waals surface area contributed by atoms with E-state index in [4.69, 9.17) is 5.26 Å². The van der Waals surface area contributed by atoms with Gasteiger partial charge in [-0.05, 0) is 0 Å². The molecule has 0 bridgehead atoms. The van der Waals surface area contributed by atoms with Crippen LogP contribution >= 0.6 is 11.3 Å². The molecule has 8 heavy (non-hydrogen) atoms. The minimum absolute atomic E-state index is 0.327. The van der Waals surface area contributed by atoms with E-state index in [1.165, 1.54) is 11.4 Å². The molecule has 0 aliphatic heterocycles. The fourth-order valence-corrected chi connectivity index (χ4v) is 0.913. The smallest absolute Gasteiger partial charge is 0.135 e. The molecule has 1 rings (SSSR count). The molecule has 0 saturated heterocycles. The predicted molar refractivity (Wildman–Crippen MR) is 29.0 cm³/mol. The van der Waals surface area contributed by atoms with Crippen molar-refractivity contribution >= 4 is 11.3 Å². The molecule has 0 aromatic carbocycles. The van der Waals surface area contributed by atoms with Gasteiger partial charge in [-0.1, -0.05) is 0 Å². The molecule has 0 saturated carbocycles. The predicted octanol–water partition coefficient (Wildman–Crippen LogP) is 1.76. The SMILES string of the molecule is N#Cc1cc(F)cs1. The van der Waals surface area contributed by atoms with E-state index in [9.17, 15) is 4.39 Å². The molecule has 1 aromatic rings. The second-order valence-corrected chi connectivity index (χ2v) is 2.15. The lowest BCUT2D eigenvalue weighted by Gasteiger charge is -1.64. The maximum absolute atomic E-state index is 12.0. The number of nitrogens with zero attached hydrogens (tertiary/aromatic N) is 1. The molecule has 0 amide bonds. The number of hydrogen-bond donors (Lipinski definition) is 0. The van der Waals surface area contributed by atoms with E-state index in [-0.39, 0.29) is 5.82 Å². The summed E-state index contributed by atoms with van der Waals surface area (Å²) in [5, 5.41) is 9.45. The Morgan fingerprint density at radius 2 is 2.50 bits per heavy atom. The first kappa shape index (κ1) is 5.26. The summed E-state index contributed by atoms with van der Waals surface area (Å²) in [6, 6.07) is 3.04. The van der Waals surface area contributed by atoms with Gasteiger partial charge in [0, 0.05) is 11.4 Å². The Bertz CT molecular complexity index is 223. The first-order valence-corrected chi connectivity index (χ1v) is 2.85. The fraction of sp³-hybridized carbons (Fsp3) is 0. The van der Waals surface area contributed by atoms with Gasteiger partial charge in [0.15, 0.2) is 0 Å². The molecule has 0 unspecified atom stereocenters. The van der Waals surface area contributed by atoms with Crippen LogP contribution in [0.15, 0.2) is 11.4 Å². The van der Waals surface area contributed by atoms with E-state index >= 15 is 0 Å². The molecular weight excluding hydrogens is 125 g/mol. The van der Waals surface area contributed by atoms with Gasteiger partial charge in [0.05, 0.1) is 0 Å². The largest absolute Gasteiger partial charge is 0.206 e. The highest BCUT2D eigenvalue weighted by Gasteiger charge is 1.93. The second-order valence-electron chi connectivity index (χ2n) is 1.24. The van der Waals surface area contributed by atoms with Crippen LogP contribution < -0.4 is 0 Å². The van der Waals surface area contributed by atoms with Crippen molar-refractivity contribution in [2.45, 2.75) is 0 Å². The summed E-state index contributed by atoms with van der Waals surface area (Å²) in [7, 11) is 0. The van der Waals surface area contributed by atoms with Crippen LogP contribution in [0.25, 0.3) is 0 Å². The van der Waals surface area contributed by atoms with Crippen LogP contribution in [0.1, 0.15) is 4.88 Å². The van der Waals surface area contributed by atoms with E-state index in [0.29, 0.717) is 4.88 Å². The molecule has 0 spiro atoms. The molecule has 3 heteroatoms. The van der Waals surface area contributed by atoms with Gasteiger partial charge in [-0.15, -0.1) is 11.3 Å². The van der Waals surface area contributed by atoms with Crippen LogP contribution in [-0.4, -0.2) is 0 Å². The zero-order valence-electron chi connectivity index (χ0n) is 3.89. The summed E-state index contributed by atoms with van der Waals surface area (Å²) in [6.45, 7) is 0. The average Bonchev–Trinajstić information content (AvgIpc) is 2.14. The maximum Gasteiger partial charge on any atom is 0.135 e. The molecule has 1 aromatic heterocycles. The highest BCUT2D eigenvalue weighted by Crippen LogP contribution is 2.10. The van der Waals surface area contributed by atoms with E-state index in [0.717, 1.165) is 11.3 Å². The Morgan fingerprint density at radius 1 is 1.75 bits per heavy atom. The summed E-state index contributed by atoms with van der Waals surface area (Å²) in [5.41, 5.74) is 0. The lowest BCUT2D eigenvalue weighted by Crippen LogP contribution is -1.57. The van der Waals surface area contributed by atoms with E-state index in [2.05, 4.69) is 0 Å². The summed E-state index contributed by atoms with van der Waals surface area (Å²) in [6.07, 6.45) is 0. The Hall–Kier alpha value is -0.880. The van der Waals surface area contributed by atoms with Crippen LogP contribution in [0.3, 0.4) is 0 Å². The molecule has 40 valence electrons. The Kier molecular flexibility index (Phi) is 1.27. The van der Waals surface area contributed by atoms with E-state index in [1.54, 1.807) is 0 Å². The van der Waals surface area contributed by atoms with Gasteiger partial charge in [0.2, 0.25) is 0 Å². The molecule has 0 fully saturated rings. The van der Waals surface area contributed by atoms with Crippen molar-refractivity contribution in [3.8, 4) is 6.07 Å². The molecule has 0 aliphatic carbocycles. The van der Waals surface area contributed by atoms with Crippen molar-refractivity contribution < 1.29 is 4.39 Å². The molecular formula is C5H2FNS. The third-order valence-electron chi connectivity index (χ3n) is 0.678. The zero-order valence-corrected chi connectivity index (χ0v) is 4.70. The zero-order chi connectivity index (χ0) is 5.98. The molecule has 0 atom stereocenters. The molecule has 1 nitrogen and oxygen atoms in total. The van der Waals surface area contributed by atoms with Crippen LogP contribution in [0, 0.1) is 17.1 Å². The molecule has 0 N–H and O–H groups in total. The fourth-order valence-electron chi connectivity index (χ4n) is 0.372. The normalized spacial score (nSPS) is 8.50. The standard InChI is InChI=1S/C5H2FNS/c6-4-1-5(2-7)8-3-4/h1,3H. The third-order valence-corrected chi connectivity index (χ3v) is 1.48. The van der Waals surface area contributed by atoms with Gasteiger partial charge < -0.3 is 0 Å². The van der Waals surface area contributed by atoms with Crippen molar-refractivity contribution in [2.75, 3.05) is 0 Å². The van der Waals surface area contributed by atoms with Gasteiger partial charge in [-0.2, -0.15) is 5.26 Å². The number of nitriles is 1. The summed E-state index contributed by atoms with van der Waals surface area (Å²) >= 11 is 1.11. The summed E-state index contributed by atoms with van der Waals surface area (Å²) in [4.78, 5) is 0.419. The van der Waals surface area contributed by atoms with Gasteiger partial charge in [0.1, 0.15) is 16.8 Å². The van der Waals surface area contributed by atoms with Gasteiger partial charge >= 0.3 is 0 Å². The second kappa shape index (κ2) is 1.93. The highest BCUT2D eigenvalue weighted by molar-refractivity contribution is 7.10. The van der Waals surface area contributed by atoms with Crippen LogP contribution in [0.4, 0.5) is 4.39 Å². The first-order chi connectivity index (χ1) is 3.83. The van der Waals surface area contributed by atoms with E-state index < -0.39 is 0 Å². The topological polar surface area (TPSA) is 23.8 Å².